The van der Waals surface area contributed by atoms with E-state index in [2.05, 4.69) is 10.3 Å². The SMILES string of the molecule is CCC(NC(=O)OC(C)(C)C)c1nc2c(C(F)(F)F)cccc2c(=O)o1. The number of amides is 1. The second-order valence-corrected chi connectivity index (χ2v) is 6.65. The first kappa shape index (κ1) is 19.7. The number of rotatable bonds is 3. The summed E-state index contributed by atoms with van der Waals surface area (Å²) in [6.45, 7) is 6.65. The zero-order chi connectivity index (χ0) is 19.7. The average molecular weight is 372 g/mol. The first-order valence-corrected chi connectivity index (χ1v) is 7.93. The topological polar surface area (TPSA) is 81.4 Å². The zero-order valence-corrected chi connectivity index (χ0v) is 14.7. The number of fused-ring (bicyclic) bond motifs is 1. The van der Waals surface area contributed by atoms with Gasteiger partial charge in [0.2, 0.25) is 5.89 Å². The number of alkyl halides is 3. The van der Waals surface area contributed by atoms with Gasteiger partial charge < -0.3 is 14.5 Å². The Kier molecular flexibility index (Phi) is 5.29. The van der Waals surface area contributed by atoms with E-state index in [4.69, 9.17) is 9.15 Å². The summed E-state index contributed by atoms with van der Waals surface area (Å²) in [4.78, 5) is 27.9. The predicted octanol–water partition coefficient (Wildman–Crippen LogP) is 4.18. The first-order chi connectivity index (χ1) is 11.9. The van der Waals surface area contributed by atoms with Crippen molar-refractivity contribution >= 4 is 17.0 Å². The minimum atomic E-state index is -4.68. The van der Waals surface area contributed by atoms with E-state index in [9.17, 15) is 22.8 Å². The Bertz CT molecular complexity index is 869. The van der Waals surface area contributed by atoms with E-state index < -0.39 is 40.6 Å². The van der Waals surface area contributed by atoms with E-state index in [1.165, 1.54) is 6.07 Å². The molecule has 0 aliphatic rings. The lowest BCUT2D eigenvalue weighted by Gasteiger charge is -2.22. The molecular formula is C17H19F3N2O4. The maximum atomic E-state index is 13.2. The molecule has 0 spiro atoms. The second-order valence-electron chi connectivity index (χ2n) is 6.65. The van der Waals surface area contributed by atoms with E-state index in [-0.39, 0.29) is 17.7 Å². The van der Waals surface area contributed by atoms with Crippen LogP contribution in [0.1, 0.15) is 51.6 Å². The summed E-state index contributed by atoms with van der Waals surface area (Å²) in [5.41, 5.74) is -3.28. The number of benzene rings is 1. The van der Waals surface area contributed by atoms with Crippen LogP contribution in [0.2, 0.25) is 0 Å². The van der Waals surface area contributed by atoms with Crippen molar-refractivity contribution in [3.8, 4) is 0 Å². The molecule has 0 aliphatic carbocycles. The quantitative estimate of drug-likeness (QED) is 0.874. The molecule has 0 radical (unpaired) electrons. The highest BCUT2D eigenvalue weighted by atomic mass is 19.4. The Hall–Kier alpha value is -2.58. The average Bonchev–Trinajstić information content (AvgIpc) is 2.49. The largest absolute Gasteiger partial charge is 0.444 e. The number of alkyl carbamates (subject to hydrolysis) is 1. The van der Waals surface area contributed by atoms with Crippen LogP contribution in [-0.4, -0.2) is 16.7 Å². The van der Waals surface area contributed by atoms with Crippen molar-refractivity contribution in [2.45, 2.75) is 51.9 Å². The summed E-state index contributed by atoms with van der Waals surface area (Å²) >= 11 is 0. The van der Waals surface area contributed by atoms with Crippen LogP contribution in [0.25, 0.3) is 10.9 Å². The zero-order valence-electron chi connectivity index (χ0n) is 14.7. The number of halogens is 3. The van der Waals surface area contributed by atoms with E-state index in [1.54, 1.807) is 27.7 Å². The summed E-state index contributed by atoms with van der Waals surface area (Å²) in [7, 11) is 0. The third-order valence-electron chi connectivity index (χ3n) is 3.38. The summed E-state index contributed by atoms with van der Waals surface area (Å²) < 4.78 is 49.7. The van der Waals surface area contributed by atoms with E-state index in [0.29, 0.717) is 0 Å². The first-order valence-electron chi connectivity index (χ1n) is 7.93. The van der Waals surface area contributed by atoms with Crippen molar-refractivity contribution in [1.82, 2.24) is 10.3 Å². The van der Waals surface area contributed by atoms with Crippen LogP contribution in [0.3, 0.4) is 0 Å². The van der Waals surface area contributed by atoms with Gasteiger partial charge in [0, 0.05) is 0 Å². The Morgan fingerprint density at radius 3 is 2.50 bits per heavy atom. The third-order valence-corrected chi connectivity index (χ3v) is 3.38. The molecule has 2 aromatic rings. The normalized spacial score (nSPS) is 13.5. The van der Waals surface area contributed by atoms with E-state index in [0.717, 1.165) is 12.1 Å². The van der Waals surface area contributed by atoms with Crippen LogP contribution in [0.4, 0.5) is 18.0 Å². The van der Waals surface area contributed by atoms with Gasteiger partial charge >= 0.3 is 17.9 Å². The Balaban J connectivity index is 2.48. The molecule has 0 saturated carbocycles. The molecule has 6 nitrogen and oxygen atoms in total. The smallest absolute Gasteiger partial charge is 0.418 e. The Labute approximate surface area is 147 Å². The van der Waals surface area contributed by atoms with Gasteiger partial charge in [-0.2, -0.15) is 13.2 Å². The van der Waals surface area contributed by atoms with Crippen LogP contribution < -0.4 is 10.9 Å². The van der Waals surface area contributed by atoms with E-state index in [1.807, 2.05) is 0 Å². The van der Waals surface area contributed by atoms with Crippen molar-refractivity contribution in [3.63, 3.8) is 0 Å². The minimum Gasteiger partial charge on any atom is -0.444 e. The van der Waals surface area contributed by atoms with Gasteiger partial charge in [0.1, 0.15) is 11.6 Å². The Morgan fingerprint density at radius 1 is 1.31 bits per heavy atom. The molecule has 1 unspecified atom stereocenters. The van der Waals surface area contributed by atoms with Crippen molar-refractivity contribution in [3.05, 3.63) is 40.1 Å². The van der Waals surface area contributed by atoms with Gasteiger partial charge in [-0.15, -0.1) is 0 Å². The van der Waals surface area contributed by atoms with Gasteiger partial charge in [-0.05, 0) is 39.3 Å². The van der Waals surface area contributed by atoms with Crippen molar-refractivity contribution < 1.29 is 27.1 Å². The molecule has 142 valence electrons. The fraction of sp³-hybridized carbons (Fsp3) is 0.471. The van der Waals surface area contributed by atoms with Gasteiger partial charge in [0.15, 0.2) is 0 Å². The van der Waals surface area contributed by atoms with Crippen LogP contribution in [0, 0.1) is 0 Å². The molecule has 1 amide bonds. The number of carbonyl (C=O) groups excluding carboxylic acids is 1. The number of hydrogen-bond donors (Lipinski definition) is 1. The minimum absolute atomic E-state index is 0.231. The summed E-state index contributed by atoms with van der Waals surface area (Å²) in [5, 5.41) is 2.17. The maximum absolute atomic E-state index is 13.2. The highest BCUT2D eigenvalue weighted by Crippen LogP contribution is 2.33. The number of ether oxygens (including phenoxy) is 1. The monoisotopic (exact) mass is 372 g/mol. The van der Waals surface area contributed by atoms with Gasteiger partial charge in [-0.1, -0.05) is 13.0 Å². The molecule has 0 aliphatic heterocycles. The molecule has 9 heteroatoms. The molecular weight excluding hydrogens is 353 g/mol. The molecule has 0 saturated heterocycles. The van der Waals surface area contributed by atoms with Gasteiger partial charge in [0.25, 0.3) is 0 Å². The van der Waals surface area contributed by atoms with Crippen LogP contribution in [-0.2, 0) is 10.9 Å². The maximum Gasteiger partial charge on any atom is 0.418 e. The van der Waals surface area contributed by atoms with Crippen molar-refractivity contribution in [1.29, 1.82) is 0 Å². The number of nitrogens with one attached hydrogen (secondary N) is 1. The number of aromatic nitrogens is 1. The molecule has 1 aromatic carbocycles. The molecule has 1 heterocycles. The molecule has 2 rings (SSSR count). The lowest BCUT2D eigenvalue weighted by molar-refractivity contribution is -0.136. The van der Waals surface area contributed by atoms with Crippen LogP contribution >= 0.6 is 0 Å². The van der Waals surface area contributed by atoms with E-state index >= 15 is 0 Å². The van der Waals surface area contributed by atoms with Crippen LogP contribution in [0.5, 0.6) is 0 Å². The molecule has 1 atom stereocenters. The summed E-state index contributed by atoms with van der Waals surface area (Å²) in [6.07, 6.45) is -5.25. The highest BCUT2D eigenvalue weighted by Gasteiger charge is 2.34. The standard InChI is InChI=1S/C17H19F3N2O4/c1-5-11(21-15(24)26-16(2,3)4)13-22-12-9(14(23)25-13)7-6-8-10(12)17(18,19)20/h6-8,11H,5H2,1-4H3,(H,21,24). The Morgan fingerprint density at radius 2 is 1.96 bits per heavy atom. The molecule has 1 aromatic heterocycles. The fourth-order valence-electron chi connectivity index (χ4n) is 2.28. The van der Waals surface area contributed by atoms with Crippen LogP contribution in [0.15, 0.2) is 27.4 Å². The van der Waals surface area contributed by atoms with Crippen molar-refractivity contribution in [2.75, 3.05) is 0 Å². The molecule has 26 heavy (non-hydrogen) atoms. The second kappa shape index (κ2) is 6.97. The van der Waals surface area contributed by atoms with Gasteiger partial charge in [-0.3, -0.25) is 0 Å². The number of nitrogens with zero attached hydrogens (tertiary/aromatic N) is 1. The third kappa shape index (κ3) is 4.53. The predicted molar refractivity (Wildman–Crippen MR) is 87.7 cm³/mol. The molecule has 0 bridgehead atoms. The number of carbonyl (C=O) groups is 1. The summed E-state index contributed by atoms with van der Waals surface area (Å²) in [5.74, 6) is -0.312. The van der Waals surface area contributed by atoms with Gasteiger partial charge in [0.05, 0.1) is 16.5 Å². The lowest BCUT2D eigenvalue weighted by atomic mass is 10.1. The highest BCUT2D eigenvalue weighted by molar-refractivity contribution is 5.81. The molecule has 0 fully saturated rings. The molecule has 1 N–H and O–H groups in total. The van der Waals surface area contributed by atoms with Gasteiger partial charge in [-0.25, -0.2) is 14.6 Å². The van der Waals surface area contributed by atoms with Crippen molar-refractivity contribution in [2.24, 2.45) is 0 Å². The fourth-order valence-corrected chi connectivity index (χ4v) is 2.28. The lowest BCUT2D eigenvalue weighted by Crippen LogP contribution is -2.35. The number of para-hydroxylation sites is 1. The summed E-state index contributed by atoms with van der Waals surface area (Å²) in [6, 6.07) is 2.24. The number of hydrogen-bond acceptors (Lipinski definition) is 5.